The first kappa shape index (κ1) is 20.7. The van der Waals surface area contributed by atoms with Crippen molar-refractivity contribution in [3.63, 3.8) is 0 Å². The summed E-state index contributed by atoms with van der Waals surface area (Å²) in [6.07, 6.45) is 7.01. The van der Waals surface area contributed by atoms with Gasteiger partial charge in [-0.1, -0.05) is 48.4 Å². The third-order valence-electron chi connectivity index (χ3n) is 4.52. The molecule has 0 bridgehead atoms. The van der Waals surface area contributed by atoms with Crippen LogP contribution in [0.4, 0.5) is 0 Å². The quantitative estimate of drug-likeness (QED) is 0.420. The summed E-state index contributed by atoms with van der Waals surface area (Å²) >= 11 is 0. The molecule has 0 aliphatic carbocycles. The summed E-state index contributed by atoms with van der Waals surface area (Å²) in [6, 6.07) is 9.75. The zero-order chi connectivity index (χ0) is 19.5. The molecule has 1 aliphatic rings. The molecule has 1 aromatic rings. The van der Waals surface area contributed by atoms with E-state index in [1.165, 1.54) is 0 Å². The van der Waals surface area contributed by atoms with E-state index in [2.05, 4.69) is 11.8 Å². The predicted octanol–water partition coefficient (Wildman–Crippen LogP) is 2.79. The number of aliphatic hydroxyl groups excluding tert-OH is 1. The molecule has 2 N–H and O–H groups in total. The number of carbonyl (C=O) groups excluding carboxylic acids is 1. The Hall–Kier alpha value is -2.58. The Labute approximate surface area is 160 Å². The van der Waals surface area contributed by atoms with Gasteiger partial charge in [-0.2, -0.15) is 0 Å². The van der Waals surface area contributed by atoms with Crippen LogP contribution in [0.1, 0.15) is 44.1 Å². The minimum Gasteiger partial charge on any atom is -0.481 e. The molecule has 1 aromatic carbocycles. The lowest BCUT2D eigenvalue weighted by molar-refractivity contribution is -0.137. The van der Waals surface area contributed by atoms with Gasteiger partial charge in [0.05, 0.1) is 18.7 Å². The van der Waals surface area contributed by atoms with Crippen molar-refractivity contribution in [3.05, 3.63) is 48.0 Å². The number of benzene rings is 1. The number of rotatable bonds is 8. The molecular weight excluding hydrogens is 342 g/mol. The van der Waals surface area contributed by atoms with E-state index in [0.717, 1.165) is 18.4 Å². The minimum absolute atomic E-state index is 0.0509. The van der Waals surface area contributed by atoms with Crippen molar-refractivity contribution in [2.75, 3.05) is 6.54 Å². The van der Waals surface area contributed by atoms with Crippen molar-refractivity contribution in [1.29, 1.82) is 0 Å². The molecule has 5 heteroatoms. The van der Waals surface area contributed by atoms with E-state index in [1.54, 1.807) is 11.0 Å². The van der Waals surface area contributed by atoms with Gasteiger partial charge in [-0.05, 0) is 24.8 Å². The van der Waals surface area contributed by atoms with E-state index in [9.17, 15) is 14.7 Å². The zero-order valence-corrected chi connectivity index (χ0v) is 15.5. The van der Waals surface area contributed by atoms with E-state index in [0.29, 0.717) is 32.2 Å². The van der Waals surface area contributed by atoms with Crippen LogP contribution in [0.5, 0.6) is 0 Å². The van der Waals surface area contributed by atoms with E-state index in [-0.39, 0.29) is 18.4 Å². The van der Waals surface area contributed by atoms with Gasteiger partial charge >= 0.3 is 5.97 Å². The number of aliphatic carboxylic acids is 1. The Bertz CT molecular complexity index is 702. The molecule has 0 radical (unpaired) electrons. The van der Waals surface area contributed by atoms with Crippen LogP contribution in [-0.4, -0.2) is 45.7 Å². The lowest BCUT2D eigenvalue weighted by Gasteiger charge is -2.32. The first-order valence-electron chi connectivity index (χ1n) is 9.43. The number of carboxylic acids is 1. The Morgan fingerprint density at radius 1 is 1.30 bits per heavy atom. The van der Waals surface area contributed by atoms with E-state index >= 15 is 0 Å². The molecule has 1 aliphatic heterocycles. The molecule has 1 unspecified atom stereocenters. The second kappa shape index (κ2) is 11.2. The summed E-state index contributed by atoms with van der Waals surface area (Å²) < 4.78 is 0. The molecule has 1 heterocycles. The highest BCUT2D eigenvalue weighted by molar-refractivity contribution is 5.78. The maximum Gasteiger partial charge on any atom is 0.303 e. The fourth-order valence-electron chi connectivity index (χ4n) is 3.09. The number of aliphatic hydroxyl groups is 1. The normalized spacial score (nSPS) is 18.2. The number of unbranched alkanes of at least 4 members (excludes halogenated alkanes) is 1. The van der Waals surface area contributed by atoms with Crippen LogP contribution in [-0.2, 0) is 16.0 Å². The van der Waals surface area contributed by atoms with Crippen LogP contribution < -0.4 is 0 Å². The van der Waals surface area contributed by atoms with Crippen molar-refractivity contribution in [2.24, 2.45) is 0 Å². The molecule has 0 aromatic heterocycles. The second-order valence-corrected chi connectivity index (χ2v) is 6.72. The fourth-order valence-corrected chi connectivity index (χ4v) is 3.09. The van der Waals surface area contributed by atoms with Gasteiger partial charge in [-0.15, -0.1) is 5.92 Å². The second-order valence-electron chi connectivity index (χ2n) is 6.72. The maximum atomic E-state index is 12.2. The highest BCUT2D eigenvalue weighted by atomic mass is 16.4. The highest BCUT2D eigenvalue weighted by Crippen LogP contribution is 2.19. The topological polar surface area (TPSA) is 77.8 Å². The fraction of sp³-hybridized carbons (Fsp3) is 0.455. The lowest BCUT2D eigenvalue weighted by atomic mass is 9.99. The lowest BCUT2D eigenvalue weighted by Crippen LogP contribution is -2.42. The van der Waals surface area contributed by atoms with Crippen LogP contribution in [0, 0.1) is 11.8 Å². The Kier molecular flexibility index (Phi) is 8.60. The van der Waals surface area contributed by atoms with Crippen molar-refractivity contribution in [3.8, 4) is 11.8 Å². The number of carbonyl (C=O) groups is 2. The van der Waals surface area contributed by atoms with Gasteiger partial charge in [0.1, 0.15) is 0 Å². The Morgan fingerprint density at radius 2 is 2.07 bits per heavy atom. The van der Waals surface area contributed by atoms with Gasteiger partial charge in [0.15, 0.2) is 0 Å². The van der Waals surface area contributed by atoms with Crippen molar-refractivity contribution < 1.29 is 19.8 Å². The molecule has 1 fully saturated rings. The van der Waals surface area contributed by atoms with Gasteiger partial charge in [0, 0.05) is 25.7 Å². The minimum atomic E-state index is -0.817. The molecule has 0 spiro atoms. The summed E-state index contributed by atoms with van der Waals surface area (Å²) in [4.78, 5) is 24.5. The Morgan fingerprint density at radius 3 is 2.81 bits per heavy atom. The average Bonchev–Trinajstić information content (AvgIpc) is 2.65. The number of hydrogen-bond acceptors (Lipinski definition) is 3. The van der Waals surface area contributed by atoms with E-state index in [4.69, 9.17) is 5.11 Å². The molecule has 144 valence electrons. The number of piperidine rings is 1. The largest absolute Gasteiger partial charge is 0.481 e. The smallest absolute Gasteiger partial charge is 0.303 e. The zero-order valence-electron chi connectivity index (χ0n) is 15.5. The molecule has 2 rings (SSSR count). The van der Waals surface area contributed by atoms with Crippen molar-refractivity contribution in [2.45, 2.75) is 57.1 Å². The third kappa shape index (κ3) is 7.67. The summed E-state index contributed by atoms with van der Waals surface area (Å²) in [5.74, 6) is 5.19. The molecule has 5 nitrogen and oxygen atoms in total. The molecule has 1 saturated heterocycles. The number of nitrogens with zero attached hydrogens (tertiary/aromatic N) is 1. The predicted molar refractivity (Wildman–Crippen MR) is 104 cm³/mol. The molecular formula is C22H27NO4. The van der Waals surface area contributed by atoms with Crippen LogP contribution in [0.25, 0.3) is 0 Å². The number of likely N-dealkylation sites (tertiary alicyclic amines) is 1. The number of amides is 1. The molecule has 2 atom stereocenters. The first-order valence-corrected chi connectivity index (χ1v) is 9.43. The van der Waals surface area contributed by atoms with Crippen LogP contribution in [0.15, 0.2) is 42.5 Å². The van der Waals surface area contributed by atoms with Crippen molar-refractivity contribution >= 4 is 11.9 Å². The van der Waals surface area contributed by atoms with Gasteiger partial charge in [0.25, 0.3) is 0 Å². The number of hydrogen-bond donors (Lipinski definition) is 2. The van der Waals surface area contributed by atoms with Crippen molar-refractivity contribution in [1.82, 2.24) is 4.90 Å². The summed E-state index contributed by atoms with van der Waals surface area (Å²) in [5, 5.41) is 18.8. The standard InChI is InChI=1S/C22H27NO4/c24-20(17-18-9-4-3-5-10-18)15-14-19-11-8-12-21(25)23(19)16-7-2-1-6-13-22(26)27/h3-5,9-10,14-15,19-20,24H,1,6,8,11-13,16-17H2,(H,26,27)/b15-14+/t19?,20-/m0/s1. The van der Waals surface area contributed by atoms with Crippen LogP contribution in [0.2, 0.25) is 0 Å². The third-order valence-corrected chi connectivity index (χ3v) is 4.52. The maximum absolute atomic E-state index is 12.2. The summed E-state index contributed by atoms with van der Waals surface area (Å²) in [5.41, 5.74) is 1.07. The van der Waals surface area contributed by atoms with Gasteiger partial charge < -0.3 is 15.1 Å². The first-order chi connectivity index (χ1) is 13.1. The molecule has 27 heavy (non-hydrogen) atoms. The molecule has 0 saturated carbocycles. The number of carboxylic acid groups (broad SMARTS) is 1. The van der Waals surface area contributed by atoms with Crippen LogP contribution >= 0.6 is 0 Å². The van der Waals surface area contributed by atoms with E-state index < -0.39 is 12.1 Å². The van der Waals surface area contributed by atoms with Gasteiger partial charge in [-0.3, -0.25) is 9.59 Å². The highest BCUT2D eigenvalue weighted by Gasteiger charge is 2.25. The van der Waals surface area contributed by atoms with Gasteiger partial charge in [-0.25, -0.2) is 0 Å². The van der Waals surface area contributed by atoms with E-state index in [1.807, 2.05) is 36.4 Å². The summed E-state index contributed by atoms with van der Waals surface area (Å²) in [6.45, 7) is 0.343. The molecule has 1 amide bonds. The average molecular weight is 369 g/mol. The Balaban J connectivity index is 1.87. The monoisotopic (exact) mass is 369 g/mol. The van der Waals surface area contributed by atoms with Gasteiger partial charge in [0.2, 0.25) is 5.91 Å². The SMILES string of the molecule is O=C(O)CCCC#CCN1C(=O)CCCC1/C=C/[C@H](O)Cc1ccccc1. The summed E-state index contributed by atoms with van der Waals surface area (Å²) in [7, 11) is 0. The van der Waals surface area contributed by atoms with Crippen LogP contribution in [0.3, 0.4) is 0 Å².